The van der Waals surface area contributed by atoms with Crippen molar-refractivity contribution in [1.29, 1.82) is 0 Å². The smallest absolute Gasteiger partial charge is 0.412 e. The highest BCUT2D eigenvalue weighted by atomic mass is 16.5. The molecular formula is C26H31N3O2. The first-order valence-electron chi connectivity index (χ1n) is 10.7. The van der Waals surface area contributed by atoms with E-state index in [4.69, 9.17) is 15.5 Å². The Kier molecular flexibility index (Phi) is 7.42. The van der Waals surface area contributed by atoms with E-state index in [0.717, 1.165) is 40.1 Å². The van der Waals surface area contributed by atoms with Gasteiger partial charge in [-0.05, 0) is 42.9 Å². The lowest BCUT2D eigenvalue weighted by atomic mass is 9.92. The van der Waals surface area contributed by atoms with Crippen molar-refractivity contribution in [3.8, 4) is 11.1 Å². The lowest BCUT2D eigenvalue weighted by molar-refractivity contribution is 0.155. The number of nitrogens with zero attached hydrogens (tertiary/aromatic N) is 1. The van der Waals surface area contributed by atoms with Crippen molar-refractivity contribution in [3.05, 3.63) is 82.7 Å². The maximum atomic E-state index is 12.6. The van der Waals surface area contributed by atoms with Crippen molar-refractivity contribution in [1.82, 2.24) is 4.98 Å². The number of hydrogen-bond donors (Lipinski definition) is 2. The molecule has 5 heteroatoms. The first-order valence-corrected chi connectivity index (χ1v) is 10.7. The van der Waals surface area contributed by atoms with Crippen LogP contribution in [0.5, 0.6) is 0 Å². The molecule has 31 heavy (non-hydrogen) atoms. The minimum Gasteiger partial charge on any atom is -0.444 e. The number of nitrogens with two attached hydrogens (primary N) is 1. The summed E-state index contributed by atoms with van der Waals surface area (Å²) in [5.74, 6) is 0.442. The summed E-state index contributed by atoms with van der Waals surface area (Å²) in [6.07, 6.45) is 0.312. The predicted molar refractivity (Wildman–Crippen MR) is 126 cm³/mol. The second kappa shape index (κ2) is 10.2. The third-order valence-electron chi connectivity index (χ3n) is 5.15. The fourth-order valence-electron chi connectivity index (χ4n) is 3.63. The number of aromatic nitrogens is 1. The first-order chi connectivity index (χ1) is 14.9. The molecule has 3 N–H and O–H groups in total. The third kappa shape index (κ3) is 5.70. The van der Waals surface area contributed by atoms with Gasteiger partial charge in [-0.3, -0.25) is 10.3 Å². The first kappa shape index (κ1) is 22.5. The highest BCUT2D eigenvalue weighted by molar-refractivity contribution is 5.94. The molecule has 0 aliphatic carbocycles. The quantitative estimate of drug-likeness (QED) is 0.511. The van der Waals surface area contributed by atoms with Crippen LogP contribution in [0, 0.1) is 19.8 Å². The van der Waals surface area contributed by atoms with Crippen LogP contribution >= 0.6 is 0 Å². The highest BCUT2D eigenvalue weighted by Crippen LogP contribution is 2.36. The topological polar surface area (TPSA) is 77.2 Å². The van der Waals surface area contributed by atoms with Crippen LogP contribution in [0.1, 0.15) is 41.9 Å². The van der Waals surface area contributed by atoms with E-state index in [2.05, 4.69) is 50.4 Å². The molecule has 0 radical (unpaired) electrons. The Labute approximate surface area is 184 Å². The molecule has 1 aromatic heterocycles. The molecule has 1 amide bonds. The number of carbonyl (C=O) groups excluding carboxylic acids is 1. The zero-order chi connectivity index (χ0) is 22.4. The Morgan fingerprint density at radius 1 is 1.06 bits per heavy atom. The number of nitrogens with one attached hydrogen (secondary N) is 1. The number of amides is 1. The number of carbonyl (C=O) groups is 1. The molecule has 1 heterocycles. The SMILES string of the molecule is Cc1ccc(-c2c(CN)c(CC(C)C)nc(C)c2NC(=O)OCc2ccccc2)cc1. The van der Waals surface area contributed by atoms with Crippen LogP contribution in [0.15, 0.2) is 54.6 Å². The molecule has 0 unspecified atom stereocenters. The van der Waals surface area contributed by atoms with Crippen LogP contribution in [0.3, 0.4) is 0 Å². The van der Waals surface area contributed by atoms with Crippen LogP contribution < -0.4 is 11.1 Å². The van der Waals surface area contributed by atoms with Crippen LogP contribution in [0.2, 0.25) is 0 Å². The molecule has 3 rings (SSSR count). The highest BCUT2D eigenvalue weighted by Gasteiger charge is 2.21. The molecule has 5 nitrogen and oxygen atoms in total. The van der Waals surface area contributed by atoms with Crippen molar-refractivity contribution >= 4 is 11.8 Å². The number of aryl methyl sites for hydroxylation is 2. The van der Waals surface area contributed by atoms with Gasteiger partial charge >= 0.3 is 6.09 Å². The minimum atomic E-state index is -0.512. The van der Waals surface area contributed by atoms with Gasteiger partial charge in [0.15, 0.2) is 0 Å². The molecule has 0 aliphatic rings. The molecular weight excluding hydrogens is 386 g/mol. The van der Waals surface area contributed by atoms with Gasteiger partial charge in [0.25, 0.3) is 0 Å². The fraction of sp³-hybridized carbons (Fsp3) is 0.308. The molecule has 0 bridgehead atoms. The number of hydrogen-bond acceptors (Lipinski definition) is 4. The van der Waals surface area contributed by atoms with Gasteiger partial charge < -0.3 is 10.5 Å². The van der Waals surface area contributed by atoms with E-state index in [1.165, 1.54) is 5.56 Å². The Morgan fingerprint density at radius 2 is 1.74 bits per heavy atom. The van der Waals surface area contributed by atoms with Crippen molar-refractivity contribution in [2.45, 2.75) is 47.3 Å². The average Bonchev–Trinajstić information content (AvgIpc) is 2.75. The van der Waals surface area contributed by atoms with Crippen LogP contribution in [-0.2, 0) is 24.3 Å². The van der Waals surface area contributed by atoms with Crippen LogP contribution in [-0.4, -0.2) is 11.1 Å². The number of ether oxygens (including phenoxy) is 1. The van der Waals surface area contributed by atoms with Crippen LogP contribution in [0.4, 0.5) is 10.5 Å². The normalized spacial score (nSPS) is 10.9. The maximum absolute atomic E-state index is 12.6. The van der Waals surface area contributed by atoms with Gasteiger partial charge in [-0.2, -0.15) is 0 Å². The maximum Gasteiger partial charge on any atom is 0.412 e. The van der Waals surface area contributed by atoms with Gasteiger partial charge in [0.1, 0.15) is 6.61 Å². The second-order valence-corrected chi connectivity index (χ2v) is 8.23. The molecule has 3 aromatic rings. The van der Waals surface area contributed by atoms with Gasteiger partial charge in [0.05, 0.1) is 11.4 Å². The van der Waals surface area contributed by atoms with E-state index >= 15 is 0 Å². The van der Waals surface area contributed by atoms with E-state index in [-0.39, 0.29) is 6.61 Å². The van der Waals surface area contributed by atoms with E-state index in [1.54, 1.807) is 0 Å². The summed E-state index contributed by atoms with van der Waals surface area (Å²) in [6, 6.07) is 17.8. The van der Waals surface area contributed by atoms with Crippen molar-refractivity contribution in [2.24, 2.45) is 11.7 Å². The van der Waals surface area contributed by atoms with E-state index < -0.39 is 6.09 Å². The standard InChI is InChI=1S/C26H31N3O2/c1-17(2)14-23-22(15-27)24(21-12-10-18(3)11-13-21)25(19(4)28-23)29-26(30)31-16-20-8-6-5-7-9-20/h5-13,17H,14-16,27H2,1-4H3,(H,29,30). The molecule has 0 spiro atoms. The molecule has 2 aromatic carbocycles. The number of rotatable bonds is 7. The van der Waals surface area contributed by atoms with Crippen molar-refractivity contribution in [2.75, 3.05) is 5.32 Å². The molecule has 162 valence electrons. The van der Waals surface area contributed by atoms with Gasteiger partial charge in [0.2, 0.25) is 0 Å². The monoisotopic (exact) mass is 417 g/mol. The lowest BCUT2D eigenvalue weighted by Crippen LogP contribution is -2.18. The number of anilines is 1. The Balaban J connectivity index is 1.99. The van der Waals surface area contributed by atoms with E-state index in [0.29, 0.717) is 18.2 Å². The third-order valence-corrected chi connectivity index (χ3v) is 5.15. The Morgan fingerprint density at radius 3 is 2.35 bits per heavy atom. The number of benzene rings is 2. The van der Waals surface area contributed by atoms with E-state index in [1.807, 2.05) is 37.3 Å². The Bertz CT molecular complexity index is 1030. The molecule has 0 saturated heterocycles. The van der Waals surface area contributed by atoms with Crippen LogP contribution in [0.25, 0.3) is 11.1 Å². The zero-order valence-corrected chi connectivity index (χ0v) is 18.7. The summed E-state index contributed by atoms with van der Waals surface area (Å²) in [4.78, 5) is 17.5. The minimum absolute atomic E-state index is 0.203. The lowest BCUT2D eigenvalue weighted by Gasteiger charge is -2.21. The Hall–Kier alpha value is -3.18. The van der Waals surface area contributed by atoms with Gasteiger partial charge in [-0.25, -0.2) is 4.79 Å². The van der Waals surface area contributed by atoms with E-state index in [9.17, 15) is 4.79 Å². The van der Waals surface area contributed by atoms with Gasteiger partial charge in [0, 0.05) is 17.8 Å². The molecule has 0 saturated carbocycles. The summed E-state index contributed by atoms with van der Waals surface area (Å²) >= 11 is 0. The fourth-order valence-corrected chi connectivity index (χ4v) is 3.63. The predicted octanol–water partition coefficient (Wildman–Crippen LogP) is 5.77. The summed E-state index contributed by atoms with van der Waals surface area (Å²) < 4.78 is 5.46. The zero-order valence-electron chi connectivity index (χ0n) is 18.7. The van der Waals surface area contributed by atoms with Crippen molar-refractivity contribution in [3.63, 3.8) is 0 Å². The van der Waals surface area contributed by atoms with Gasteiger partial charge in [-0.1, -0.05) is 74.0 Å². The average molecular weight is 418 g/mol. The largest absolute Gasteiger partial charge is 0.444 e. The summed E-state index contributed by atoms with van der Waals surface area (Å²) in [7, 11) is 0. The molecule has 0 fully saturated rings. The van der Waals surface area contributed by atoms with Crippen molar-refractivity contribution < 1.29 is 9.53 Å². The summed E-state index contributed by atoms with van der Waals surface area (Å²) in [5, 5.41) is 2.94. The van der Waals surface area contributed by atoms with Gasteiger partial charge in [-0.15, -0.1) is 0 Å². The molecule has 0 aliphatic heterocycles. The summed E-state index contributed by atoms with van der Waals surface area (Å²) in [5.41, 5.74) is 13.6. The second-order valence-electron chi connectivity index (χ2n) is 8.23. The summed E-state index contributed by atoms with van der Waals surface area (Å²) in [6.45, 7) is 8.83. The number of pyridine rings is 1. The molecule has 0 atom stereocenters.